The lowest BCUT2D eigenvalue weighted by Gasteiger charge is -2.08. The van der Waals surface area contributed by atoms with Crippen LogP contribution in [0.25, 0.3) is 0 Å². The number of nitrogens with one attached hydrogen (secondary N) is 2. The van der Waals surface area contributed by atoms with Crippen LogP contribution in [-0.4, -0.2) is 5.91 Å². The van der Waals surface area contributed by atoms with E-state index in [9.17, 15) is 10.1 Å². The normalized spacial score (nSPS) is 11.1. The maximum atomic E-state index is 12.2. The van der Waals surface area contributed by atoms with Crippen LogP contribution in [0.4, 0.5) is 5.69 Å². The predicted molar refractivity (Wildman–Crippen MR) is 101 cm³/mol. The van der Waals surface area contributed by atoms with Gasteiger partial charge in [0.2, 0.25) is 0 Å². The Bertz CT molecular complexity index is 799. The number of aryl methyl sites for hydroxylation is 1. The number of hydrogen-bond acceptors (Lipinski definition) is 3. The molecule has 0 fully saturated rings. The number of nitrogens with zero attached hydrogens (tertiary/aromatic N) is 1. The van der Waals surface area contributed by atoms with Crippen LogP contribution in [0.15, 0.2) is 60.3 Å². The Morgan fingerprint density at radius 1 is 1.20 bits per heavy atom. The average Bonchev–Trinajstić information content (AvgIpc) is 2.59. The Balaban J connectivity index is 1.96. The van der Waals surface area contributed by atoms with Crippen LogP contribution in [0.3, 0.4) is 0 Å². The number of carbonyl (C=O) groups excluding carboxylic acids is 1. The van der Waals surface area contributed by atoms with Crippen LogP contribution in [0, 0.1) is 18.3 Å². The highest BCUT2D eigenvalue weighted by atomic mass is 16.1. The van der Waals surface area contributed by atoms with E-state index in [1.54, 1.807) is 0 Å². The smallest absolute Gasteiger partial charge is 0.267 e. The number of benzene rings is 2. The second kappa shape index (κ2) is 8.70. The first-order valence-electron chi connectivity index (χ1n) is 8.30. The van der Waals surface area contributed by atoms with Gasteiger partial charge in [-0.15, -0.1) is 0 Å². The lowest BCUT2D eigenvalue weighted by Crippen LogP contribution is -2.16. The lowest BCUT2D eigenvalue weighted by molar-refractivity contribution is -0.112. The number of hydrogen-bond donors (Lipinski definition) is 2. The van der Waals surface area contributed by atoms with Crippen molar-refractivity contribution in [2.45, 2.75) is 33.2 Å². The summed E-state index contributed by atoms with van der Waals surface area (Å²) in [6.07, 6.45) is 1.46. The highest BCUT2D eigenvalue weighted by Crippen LogP contribution is 2.17. The first kappa shape index (κ1) is 18.3. The molecule has 2 aromatic carbocycles. The van der Waals surface area contributed by atoms with Gasteiger partial charge >= 0.3 is 0 Å². The van der Waals surface area contributed by atoms with Gasteiger partial charge in [0.1, 0.15) is 11.6 Å². The Morgan fingerprint density at radius 3 is 2.52 bits per heavy atom. The highest BCUT2D eigenvalue weighted by Gasteiger charge is 2.09. The zero-order valence-corrected chi connectivity index (χ0v) is 14.8. The summed E-state index contributed by atoms with van der Waals surface area (Å²) in [5.41, 5.74) is 4.19. The first-order chi connectivity index (χ1) is 12.0. The molecule has 0 aliphatic carbocycles. The summed E-state index contributed by atoms with van der Waals surface area (Å²) in [4.78, 5) is 12.2. The van der Waals surface area contributed by atoms with Crippen molar-refractivity contribution >= 4 is 11.6 Å². The van der Waals surface area contributed by atoms with Crippen molar-refractivity contribution in [3.8, 4) is 6.07 Å². The van der Waals surface area contributed by atoms with Crippen molar-refractivity contribution in [3.63, 3.8) is 0 Å². The number of carbonyl (C=O) groups is 1. The molecule has 0 bridgehead atoms. The van der Waals surface area contributed by atoms with E-state index in [0.717, 1.165) is 5.56 Å². The molecule has 0 aliphatic rings. The van der Waals surface area contributed by atoms with Crippen LogP contribution in [0.1, 0.15) is 36.5 Å². The molecule has 25 heavy (non-hydrogen) atoms. The molecule has 2 aromatic rings. The standard InChI is InChI=1S/C21H23N3O/c1-15(2)18-7-9-20(10-8-18)24-21(25)19(12-22)14-23-13-17-6-4-5-16(3)11-17/h4-11,14-15,23H,13H2,1-3H3,(H,24,25)/b19-14-. The van der Waals surface area contributed by atoms with Crippen LogP contribution in [0.5, 0.6) is 0 Å². The summed E-state index contributed by atoms with van der Waals surface area (Å²) in [5.74, 6) is 0.0154. The van der Waals surface area contributed by atoms with E-state index in [0.29, 0.717) is 18.2 Å². The molecule has 0 spiro atoms. The molecule has 0 heterocycles. The second-order valence-electron chi connectivity index (χ2n) is 6.27. The van der Waals surface area contributed by atoms with Gasteiger partial charge in [-0.25, -0.2) is 0 Å². The first-order valence-corrected chi connectivity index (χ1v) is 8.30. The topological polar surface area (TPSA) is 64.9 Å². The number of amides is 1. The van der Waals surface area contributed by atoms with E-state index >= 15 is 0 Å². The molecule has 4 nitrogen and oxygen atoms in total. The minimum atomic E-state index is -0.420. The molecular formula is C21H23N3O. The van der Waals surface area contributed by atoms with E-state index in [-0.39, 0.29) is 5.57 Å². The fraction of sp³-hybridized carbons (Fsp3) is 0.238. The number of nitriles is 1. The fourth-order valence-electron chi connectivity index (χ4n) is 2.39. The largest absolute Gasteiger partial charge is 0.386 e. The van der Waals surface area contributed by atoms with Crippen LogP contribution < -0.4 is 10.6 Å². The summed E-state index contributed by atoms with van der Waals surface area (Å²) in [6.45, 7) is 6.81. The molecule has 0 aromatic heterocycles. The molecule has 0 atom stereocenters. The van der Waals surface area contributed by atoms with Gasteiger partial charge in [0.05, 0.1) is 0 Å². The molecule has 0 saturated carbocycles. The van der Waals surface area contributed by atoms with Crippen molar-refractivity contribution in [3.05, 3.63) is 77.0 Å². The second-order valence-corrected chi connectivity index (χ2v) is 6.27. The summed E-state index contributed by atoms with van der Waals surface area (Å²) in [7, 11) is 0. The molecule has 0 radical (unpaired) electrons. The Kier molecular flexibility index (Phi) is 6.36. The van der Waals surface area contributed by atoms with Crippen molar-refractivity contribution in [2.75, 3.05) is 5.32 Å². The predicted octanol–water partition coefficient (Wildman–Crippen LogP) is 4.25. The van der Waals surface area contributed by atoms with Gasteiger partial charge in [0.25, 0.3) is 5.91 Å². The third kappa shape index (κ3) is 5.50. The third-order valence-corrected chi connectivity index (χ3v) is 3.84. The highest BCUT2D eigenvalue weighted by molar-refractivity contribution is 6.06. The van der Waals surface area contributed by atoms with Crippen molar-refractivity contribution in [1.82, 2.24) is 5.32 Å². The van der Waals surface area contributed by atoms with Gasteiger partial charge in [-0.1, -0.05) is 55.8 Å². The maximum Gasteiger partial charge on any atom is 0.267 e. The summed E-state index contributed by atoms with van der Waals surface area (Å²) < 4.78 is 0. The summed E-state index contributed by atoms with van der Waals surface area (Å²) in [6, 6.07) is 17.7. The average molecular weight is 333 g/mol. The number of anilines is 1. The van der Waals surface area contributed by atoms with E-state index in [4.69, 9.17) is 0 Å². The van der Waals surface area contributed by atoms with Gasteiger partial charge in [-0.05, 0) is 36.1 Å². The summed E-state index contributed by atoms with van der Waals surface area (Å²) in [5, 5.41) is 15.0. The van der Waals surface area contributed by atoms with E-state index < -0.39 is 5.91 Å². The van der Waals surface area contributed by atoms with E-state index in [1.807, 2.05) is 55.5 Å². The molecule has 0 saturated heterocycles. The van der Waals surface area contributed by atoms with Crippen LogP contribution >= 0.6 is 0 Å². The van der Waals surface area contributed by atoms with Gasteiger partial charge < -0.3 is 10.6 Å². The van der Waals surface area contributed by atoms with Gasteiger partial charge in [-0.3, -0.25) is 4.79 Å². The molecule has 0 aliphatic heterocycles. The zero-order valence-electron chi connectivity index (χ0n) is 14.8. The number of rotatable bonds is 6. The minimum Gasteiger partial charge on any atom is -0.386 e. The molecule has 2 N–H and O–H groups in total. The van der Waals surface area contributed by atoms with Gasteiger partial charge in [0, 0.05) is 18.4 Å². The molecule has 1 amide bonds. The van der Waals surface area contributed by atoms with Crippen LogP contribution in [-0.2, 0) is 11.3 Å². The monoisotopic (exact) mass is 333 g/mol. The molecular weight excluding hydrogens is 310 g/mol. The quantitative estimate of drug-likeness (QED) is 0.613. The SMILES string of the molecule is Cc1cccc(CN/C=C(/C#N)C(=O)Nc2ccc(C(C)C)cc2)c1. The maximum absolute atomic E-state index is 12.2. The van der Waals surface area contributed by atoms with E-state index in [2.05, 4.69) is 30.5 Å². The van der Waals surface area contributed by atoms with Gasteiger partial charge in [-0.2, -0.15) is 5.26 Å². The Morgan fingerprint density at radius 2 is 1.92 bits per heavy atom. The summed E-state index contributed by atoms with van der Waals surface area (Å²) >= 11 is 0. The fourth-order valence-corrected chi connectivity index (χ4v) is 2.39. The molecule has 4 heteroatoms. The molecule has 0 unspecified atom stereocenters. The molecule has 128 valence electrons. The van der Waals surface area contributed by atoms with Crippen molar-refractivity contribution in [2.24, 2.45) is 0 Å². The zero-order chi connectivity index (χ0) is 18.2. The van der Waals surface area contributed by atoms with E-state index in [1.165, 1.54) is 17.3 Å². The van der Waals surface area contributed by atoms with Crippen molar-refractivity contribution in [1.29, 1.82) is 5.26 Å². The van der Waals surface area contributed by atoms with Crippen molar-refractivity contribution < 1.29 is 4.79 Å². The Hall–Kier alpha value is -3.06. The Labute approximate surface area is 149 Å². The van der Waals surface area contributed by atoms with Gasteiger partial charge in [0.15, 0.2) is 0 Å². The third-order valence-electron chi connectivity index (χ3n) is 3.84. The minimum absolute atomic E-state index is 0.0422. The lowest BCUT2D eigenvalue weighted by atomic mass is 10.0. The van der Waals surface area contributed by atoms with Crippen LogP contribution in [0.2, 0.25) is 0 Å². The molecule has 2 rings (SSSR count).